The highest BCUT2D eigenvalue weighted by Crippen LogP contribution is 2.19. The highest BCUT2D eigenvalue weighted by Gasteiger charge is 2.25. The van der Waals surface area contributed by atoms with E-state index >= 15 is 0 Å². The van der Waals surface area contributed by atoms with E-state index in [1.54, 1.807) is 15.4 Å². The van der Waals surface area contributed by atoms with Gasteiger partial charge in [-0.1, -0.05) is 0 Å². The Morgan fingerprint density at radius 3 is 3.05 bits per heavy atom. The van der Waals surface area contributed by atoms with Gasteiger partial charge in [0.15, 0.2) is 0 Å². The lowest BCUT2D eigenvalue weighted by Gasteiger charge is -2.20. The van der Waals surface area contributed by atoms with Gasteiger partial charge in [-0.25, -0.2) is 4.68 Å². The van der Waals surface area contributed by atoms with Crippen molar-refractivity contribution in [3.05, 3.63) is 35.0 Å². The van der Waals surface area contributed by atoms with Crippen LogP contribution >= 0.6 is 0 Å². The van der Waals surface area contributed by atoms with Crippen LogP contribution in [0.25, 0.3) is 5.52 Å². The number of rotatable bonds is 3. The molecule has 19 heavy (non-hydrogen) atoms. The Morgan fingerprint density at radius 2 is 2.32 bits per heavy atom. The SMILES string of the molecule is CC(C)N1CC[C@H](Cn2ncn3cccc3c2=O)C1. The maximum absolute atomic E-state index is 12.3. The molecule has 0 bridgehead atoms. The molecule has 1 aliphatic rings. The molecule has 0 N–H and O–H groups in total. The molecule has 5 nitrogen and oxygen atoms in total. The van der Waals surface area contributed by atoms with Crippen molar-refractivity contribution in [2.24, 2.45) is 5.92 Å². The van der Waals surface area contributed by atoms with E-state index in [4.69, 9.17) is 0 Å². The van der Waals surface area contributed by atoms with Gasteiger partial charge >= 0.3 is 0 Å². The summed E-state index contributed by atoms with van der Waals surface area (Å²) in [4.78, 5) is 14.7. The molecule has 1 saturated heterocycles. The molecule has 2 aromatic heterocycles. The van der Waals surface area contributed by atoms with Gasteiger partial charge in [-0.15, -0.1) is 0 Å². The standard InChI is InChI=1S/C14H20N4O/c1-11(2)16-7-5-12(8-16)9-18-14(19)13-4-3-6-17(13)10-15-18/h3-4,6,10-12H,5,7-9H2,1-2H3/t12-/m0/s1. The van der Waals surface area contributed by atoms with Crippen LogP contribution in [0.15, 0.2) is 29.5 Å². The van der Waals surface area contributed by atoms with E-state index in [1.165, 1.54) is 0 Å². The van der Waals surface area contributed by atoms with Gasteiger partial charge in [0.05, 0.1) is 0 Å². The van der Waals surface area contributed by atoms with Crippen molar-refractivity contribution in [2.45, 2.75) is 32.9 Å². The third-order valence-corrected chi connectivity index (χ3v) is 4.03. The van der Waals surface area contributed by atoms with E-state index in [1.807, 2.05) is 18.3 Å². The summed E-state index contributed by atoms with van der Waals surface area (Å²) in [6, 6.07) is 4.30. The highest BCUT2D eigenvalue weighted by molar-refractivity contribution is 5.43. The van der Waals surface area contributed by atoms with Gasteiger partial charge in [-0.05, 0) is 44.9 Å². The van der Waals surface area contributed by atoms with Gasteiger partial charge in [0, 0.05) is 25.3 Å². The number of hydrogen-bond donors (Lipinski definition) is 0. The van der Waals surface area contributed by atoms with Crippen LogP contribution in [0, 0.1) is 5.92 Å². The molecule has 0 spiro atoms. The Morgan fingerprint density at radius 1 is 1.47 bits per heavy atom. The monoisotopic (exact) mass is 260 g/mol. The number of aromatic nitrogens is 3. The van der Waals surface area contributed by atoms with Crippen molar-refractivity contribution >= 4 is 5.52 Å². The molecule has 3 heterocycles. The van der Waals surface area contributed by atoms with Crippen LogP contribution in [0.2, 0.25) is 0 Å². The third kappa shape index (κ3) is 2.30. The normalized spacial score (nSPS) is 20.7. The molecule has 5 heteroatoms. The van der Waals surface area contributed by atoms with Gasteiger partial charge in [0.25, 0.3) is 5.56 Å². The van der Waals surface area contributed by atoms with Crippen molar-refractivity contribution in [2.75, 3.05) is 13.1 Å². The topological polar surface area (TPSA) is 42.5 Å². The van der Waals surface area contributed by atoms with Crippen LogP contribution in [0.3, 0.4) is 0 Å². The first-order valence-electron chi connectivity index (χ1n) is 6.92. The first-order chi connectivity index (χ1) is 9.15. The summed E-state index contributed by atoms with van der Waals surface area (Å²) < 4.78 is 3.39. The van der Waals surface area contributed by atoms with Crippen molar-refractivity contribution in [3.63, 3.8) is 0 Å². The minimum Gasteiger partial charge on any atom is -0.301 e. The summed E-state index contributed by atoms with van der Waals surface area (Å²) in [6.07, 6.45) is 4.72. The second-order valence-electron chi connectivity index (χ2n) is 5.66. The molecule has 0 saturated carbocycles. The Hall–Kier alpha value is -1.62. The molecular weight excluding hydrogens is 240 g/mol. The summed E-state index contributed by atoms with van der Waals surface area (Å²) in [7, 11) is 0. The number of likely N-dealkylation sites (tertiary alicyclic amines) is 1. The first-order valence-corrected chi connectivity index (χ1v) is 6.92. The van der Waals surface area contributed by atoms with Gasteiger partial charge in [0.2, 0.25) is 0 Å². The van der Waals surface area contributed by atoms with Crippen LogP contribution < -0.4 is 5.56 Å². The Kier molecular flexibility index (Phi) is 3.14. The summed E-state index contributed by atoms with van der Waals surface area (Å²) in [6.45, 7) is 7.37. The van der Waals surface area contributed by atoms with Gasteiger partial charge < -0.3 is 9.30 Å². The van der Waals surface area contributed by atoms with Crippen molar-refractivity contribution < 1.29 is 0 Å². The molecule has 1 atom stereocenters. The molecule has 2 aromatic rings. The molecule has 3 rings (SSSR count). The smallest absolute Gasteiger partial charge is 0.291 e. The molecule has 102 valence electrons. The summed E-state index contributed by atoms with van der Waals surface area (Å²) >= 11 is 0. The molecular formula is C14H20N4O. The largest absolute Gasteiger partial charge is 0.301 e. The molecule has 1 aliphatic heterocycles. The van der Waals surface area contributed by atoms with Crippen LogP contribution in [-0.2, 0) is 6.54 Å². The van der Waals surface area contributed by atoms with E-state index in [0.29, 0.717) is 17.5 Å². The Labute approximate surface area is 112 Å². The van der Waals surface area contributed by atoms with Crippen molar-refractivity contribution in [1.29, 1.82) is 0 Å². The number of fused-ring (bicyclic) bond motifs is 1. The zero-order valence-electron chi connectivity index (χ0n) is 11.5. The van der Waals surface area contributed by atoms with E-state index in [9.17, 15) is 4.79 Å². The highest BCUT2D eigenvalue weighted by atomic mass is 16.1. The lowest BCUT2D eigenvalue weighted by molar-refractivity contribution is 0.258. The second kappa shape index (κ2) is 4.81. The Bertz CT molecular complexity index is 628. The average Bonchev–Trinajstić information content (AvgIpc) is 3.01. The maximum atomic E-state index is 12.3. The first kappa shape index (κ1) is 12.4. The minimum atomic E-state index is 0.00972. The molecule has 0 aliphatic carbocycles. The van der Waals surface area contributed by atoms with Crippen molar-refractivity contribution in [3.8, 4) is 0 Å². The molecule has 0 aromatic carbocycles. The van der Waals surface area contributed by atoms with Gasteiger partial charge in [-0.2, -0.15) is 5.10 Å². The summed E-state index contributed by atoms with van der Waals surface area (Å²) in [5, 5.41) is 4.26. The van der Waals surface area contributed by atoms with E-state index in [2.05, 4.69) is 23.8 Å². The van der Waals surface area contributed by atoms with E-state index in [-0.39, 0.29) is 5.56 Å². The number of nitrogens with zero attached hydrogens (tertiary/aromatic N) is 4. The molecule has 0 amide bonds. The zero-order chi connectivity index (χ0) is 13.4. The maximum Gasteiger partial charge on any atom is 0.291 e. The van der Waals surface area contributed by atoms with Gasteiger partial charge in [0.1, 0.15) is 11.8 Å². The van der Waals surface area contributed by atoms with Crippen molar-refractivity contribution in [1.82, 2.24) is 19.1 Å². The van der Waals surface area contributed by atoms with Crippen LogP contribution in [0.4, 0.5) is 0 Å². The predicted molar refractivity (Wildman–Crippen MR) is 74.3 cm³/mol. The molecule has 0 radical (unpaired) electrons. The van der Waals surface area contributed by atoms with E-state index in [0.717, 1.165) is 26.1 Å². The fraction of sp³-hybridized carbons (Fsp3) is 0.571. The molecule has 0 unspecified atom stereocenters. The van der Waals surface area contributed by atoms with Gasteiger partial charge in [-0.3, -0.25) is 4.79 Å². The Balaban J connectivity index is 1.79. The van der Waals surface area contributed by atoms with Crippen LogP contribution in [0.5, 0.6) is 0 Å². The van der Waals surface area contributed by atoms with E-state index < -0.39 is 0 Å². The van der Waals surface area contributed by atoms with Crippen LogP contribution in [0.1, 0.15) is 20.3 Å². The third-order valence-electron chi connectivity index (χ3n) is 4.03. The second-order valence-corrected chi connectivity index (χ2v) is 5.66. The fourth-order valence-corrected chi connectivity index (χ4v) is 2.83. The summed E-state index contributed by atoms with van der Waals surface area (Å²) in [5.41, 5.74) is 0.712. The zero-order valence-corrected chi connectivity index (χ0v) is 11.5. The predicted octanol–water partition coefficient (Wildman–Crippen LogP) is 1.23. The summed E-state index contributed by atoms with van der Waals surface area (Å²) in [5.74, 6) is 0.532. The average molecular weight is 260 g/mol. The number of hydrogen-bond acceptors (Lipinski definition) is 3. The fourth-order valence-electron chi connectivity index (χ4n) is 2.83. The lowest BCUT2D eigenvalue weighted by Crippen LogP contribution is -2.31. The van der Waals surface area contributed by atoms with Crippen LogP contribution in [-0.4, -0.2) is 38.2 Å². The minimum absolute atomic E-state index is 0.00972. The quantitative estimate of drug-likeness (QED) is 0.833. The molecule has 1 fully saturated rings. The lowest BCUT2D eigenvalue weighted by atomic mass is 10.1.